The first kappa shape index (κ1) is 20.6. The molecule has 1 amide bonds. The second-order valence-corrected chi connectivity index (χ2v) is 8.02. The van der Waals surface area contributed by atoms with Gasteiger partial charge in [0.25, 0.3) is 0 Å². The molecule has 0 aliphatic carbocycles. The van der Waals surface area contributed by atoms with Gasteiger partial charge in [-0.15, -0.1) is 0 Å². The lowest BCUT2D eigenvalue weighted by Gasteiger charge is -2.15. The number of β-amino-alcohol motifs (C(OH)–C–C–N with tert-alkyl or cyclic N) is 1. The monoisotopic (exact) mass is 430 g/mol. The second-order valence-electron chi connectivity index (χ2n) is 7.61. The SMILES string of the molecule is Cc1cc(C[C@@H]2CN(C(=O)CCCc3nc(-c4ccccc4Cl)no3)C[C@@H]2O)on1. The number of benzene rings is 1. The molecule has 3 aromatic rings. The van der Waals surface area contributed by atoms with Gasteiger partial charge in [-0.05, 0) is 25.5 Å². The van der Waals surface area contributed by atoms with E-state index in [0.29, 0.717) is 61.1 Å². The largest absolute Gasteiger partial charge is 0.391 e. The van der Waals surface area contributed by atoms with Gasteiger partial charge in [-0.3, -0.25) is 4.79 Å². The van der Waals surface area contributed by atoms with E-state index in [1.165, 1.54) is 0 Å². The summed E-state index contributed by atoms with van der Waals surface area (Å²) in [6, 6.07) is 9.16. The number of hydrogen-bond acceptors (Lipinski definition) is 7. The molecule has 1 aliphatic heterocycles. The summed E-state index contributed by atoms with van der Waals surface area (Å²) in [5.74, 6) is 1.61. The Morgan fingerprint density at radius 3 is 2.87 bits per heavy atom. The number of aromatic nitrogens is 3. The molecule has 2 aromatic heterocycles. The normalized spacial score (nSPS) is 18.8. The van der Waals surface area contributed by atoms with Crippen molar-refractivity contribution in [3.8, 4) is 11.4 Å². The Kier molecular flexibility index (Phi) is 6.15. The smallest absolute Gasteiger partial charge is 0.226 e. The summed E-state index contributed by atoms with van der Waals surface area (Å²) in [4.78, 5) is 18.6. The summed E-state index contributed by atoms with van der Waals surface area (Å²) < 4.78 is 10.5. The highest BCUT2D eigenvalue weighted by Gasteiger charge is 2.34. The number of aliphatic hydroxyl groups excluding tert-OH is 1. The third-order valence-electron chi connectivity index (χ3n) is 5.26. The Bertz CT molecular complexity index is 1020. The van der Waals surface area contributed by atoms with Crippen LogP contribution in [0, 0.1) is 12.8 Å². The number of aliphatic hydroxyl groups is 1. The van der Waals surface area contributed by atoms with E-state index in [-0.39, 0.29) is 11.8 Å². The molecule has 1 aliphatic rings. The van der Waals surface area contributed by atoms with Gasteiger partial charge in [0.2, 0.25) is 17.6 Å². The first-order valence-electron chi connectivity index (χ1n) is 9.95. The number of amides is 1. The van der Waals surface area contributed by atoms with Crippen molar-refractivity contribution in [3.05, 3.63) is 52.7 Å². The molecule has 0 radical (unpaired) electrons. The van der Waals surface area contributed by atoms with Crippen LogP contribution in [0.2, 0.25) is 5.02 Å². The van der Waals surface area contributed by atoms with E-state index in [0.717, 1.165) is 11.5 Å². The van der Waals surface area contributed by atoms with Crippen LogP contribution < -0.4 is 0 Å². The zero-order chi connectivity index (χ0) is 21.1. The molecule has 3 heterocycles. The second kappa shape index (κ2) is 8.97. The lowest BCUT2D eigenvalue weighted by molar-refractivity contribution is -0.130. The van der Waals surface area contributed by atoms with Crippen LogP contribution in [0.25, 0.3) is 11.4 Å². The van der Waals surface area contributed by atoms with E-state index in [2.05, 4.69) is 15.3 Å². The van der Waals surface area contributed by atoms with Crippen LogP contribution in [0.5, 0.6) is 0 Å². The maximum absolute atomic E-state index is 12.5. The van der Waals surface area contributed by atoms with Crippen LogP contribution in [0.15, 0.2) is 39.4 Å². The van der Waals surface area contributed by atoms with Gasteiger partial charge in [-0.2, -0.15) is 4.98 Å². The maximum atomic E-state index is 12.5. The number of aryl methyl sites for hydroxylation is 2. The molecular weight excluding hydrogens is 408 g/mol. The van der Waals surface area contributed by atoms with Crippen LogP contribution >= 0.6 is 11.6 Å². The molecule has 0 unspecified atom stereocenters. The number of rotatable bonds is 7. The van der Waals surface area contributed by atoms with Crippen molar-refractivity contribution in [1.82, 2.24) is 20.2 Å². The fourth-order valence-electron chi connectivity index (χ4n) is 3.69. The Morgan fingerprint density at radius 2 is 2.10 bits per heavy atom. The highest BCUT2D eigenvalue weighted by molar-refractivity contribution is 6.33. The van der Waals surface area contributed by atoms with Crippen molar-refractivity contribution in [1.29, 1.82) is 0 Å². The first-order chi connectivity index (χ1) is 14.5. The molecule has 4 rings (SSSR count). The topological polar surface area (TPSA) is 105 Å². The molecule has 2 atom stereocenters. The van der Waals surface area contributed by atoms with E-state index in [1.807, 2.05) is 31.2 Å². The lowest BCUT2D eigenvalue weighted by atomic mass is 10.0. The van der Waals surface area contributed by atoms with Gasteiger partial charge in [-0.1, -0.05) is 34.0 Å². The quantitative estimate of drug-likeness (QED) is 0.613. The minimum Gasteiger partial charge on any atom is -0.391 e. The number of hydrogen-bond donors (Lipinski definition) is 1. The van der Waals surface area contributed by atoms with Crippen LogP contribution in [0.1, 0.15) is 30.2 Å². The highest BCUT2D eigenvalue weighted by atomic mass is 35.5. The van der Waals surface area contributed by atoms with E-state index in [1.54, 1.807) is 11.0 Å². The molecule has 9 heteroatoms. The number of likely N-dealkylation sites (tertiary alicyclic amines) is 1. The van der Waals surface area contributed by atoms with Crippen molar-refractivity contribution in [2.24, 2.45) is 5.92 Å². The summed E-state index contributed by atoms with van der Waals surface area (Å²) in [6.45, 7) is 2.71. The minimum absolute atomic E-state index is 0.0103. The zero-order valence-corrected chi connectivity index (χ0v) is 17.4. The van der Waals surface area contributed by atoms with Gasteiger partial charge in [0.05, 0.1) is 16.8 Å². The molecule has 0 spiro atoms. The van der Waals surface area contributed by atoms with Crippen molar-refractivity contribution >= 4 is 17.5 Å². The average molecular weight is 431 g/mol. The number of halogens is 1. The standard InChI is InChI=1S/C21H23ClN4O4/c1-13-9-15(29-24-13)10-14-11-26(12-18(14)27)20(28)8-4-7-19-23-21(25-30-19)16-5-2-3-6-17(16)22/h2-3,5-6,9,14,18,27H,4,7-8,10-12H2,1H3/t14-,18+/m1/s1. The van der Waals surface area contributed by atoms with Crippen molar-refractivity contribution in [2.45, 2.75) is 38.7 Å². The minimum atomic E-state index is -0.562. The van der Waals surface area contributed by atoms with Gasteiger partial charge < -0.3 is 19.1 Å². The van der Waals surface area contributed by atoms with Gasteiger partial charge >= 0.3 is 0 Å². The molecule has 0 saturated carbocycles. The van der Waals surface area contributed by atoms with Gasteiger partial charge in [0.1, 0.15) is 5.76 Å². The fraction of sp³-hybridized carbons (Fsp3) is 0.429. The predicted molar refractivity (Wildman–Crippen MR) is 109 cm³/mol. The molecule has 8 nitrogen and oxygen atoms in total. The summed E-state index contributed by atoms with van der Waals surface area (Å²) in [5, 5.41) is 18.7. The first-order valence-corrected chi connectivity index (χ1v) is 10.3. The fourth-order valence-corrected chi connectivity index (χ4v) is 3.91. The van der Waals surface area contributed by atoms with Crippen LogP contribution in [0.3, 0.4) is 0 Å². The van der Waals surface area contributed by atoms with Gasteiger partial charge in [0.15, 0.2) is 0 Å². The average Bonchev–Trinajstić information content (AvgIpc) is 3.44. The molecule has 158 valence electrons. The van der Waals surface area contributed by atoms with Crippen LogP contribution in [-0.2, 0) is 17.6 Å². The summed E-state index contributed by atoms with van der Waals surface area (Å²) in [5.41, 5.74) is 1.52. The summed E-state index contributed by atoms with van der Waals surface area (Å²) in [7, 11) is 0. The number of nitrogens with zero attached hydrogens (tertiary/aromatic N) is 4. The third-order valence-corrected chi connectivity index (χ3v) is 5.59. The maximum Gasteiger partial charge on any atom is 0.226 e. The van der Waals surface area contributed by atoms with Gasteiger partial charge in [-0.25, -0.2) is 0 Å². The van der Waals surface area contributed by atoms with E-state index >= 15 is 0 Å². The Hall–Kier alpha value is -2.71. The third kappa shape index (κ3) is 4.71. The highest BCUT2D eigenvalue weighted by Crippen LogP contribution is 2.26. The predicted octanol–water partition coefficient (Wildman–Crippen LogP) is 3.07. The molecule has 1 fully saturated rings. The summed E-state index contributed by atoms with van der Waals surface area (Å²) >= 11 is 6.16. The van der Waals surface area contributed by atoms with E-state index in [9.17, 15) is 9.90 Å². The Morgan fingerprint density at radius 1 is 1.27 bits per heavy atom. The molecule has 1 saturated heterocycles. The van der Waals surface area contributed by atoms with Crippen LogP contribution in [-0.4, -0.2) is 50.4 Å². The van der Waals surface area contributed by atoms with E-state index in [4.69, 9.17) is 20.6 Å². The Labute approximate surface area is 178 Å². The lowest BCUT2D eigenvalue weighted by Crippen LogP contribution is -2.29. The van der Waals surface area contributed by atoms with Crippen molar-refractivity contribution in [2.75, 3.05) is 13.1 Å². The molecule has 1 N–H and O–H groups in total. The number of carbonyl (C=O) groups excluding carboxylic acids is 1. The Balaban J connectivity index is 1.26. The molecule has 0 bridgehead atoms. The molecule has 1 aromatic carbocycles. The van der Waals surface area contributed by atoms with E-state index < -0.39 is 6.10 Å². The summed E-state index contributed by atoms with van der Waals surface area (Å²) in [6.07, 6.45) is 1.44. The van der Waals surface area contributed by atoms with Crippen molar-refractivity contribution in [3.63, 3.8) is 0 Å². The molecule has 30 heavy (non-hydrogen) atoms. The van der Waals surface area contributed by atoms with Crippen molar-refractivity contribution < 1.29 is 18.9 Å². The zero-order valence-electron chi connectivity index (χ0n) is 16.6. The number of carbonyl (C=O) groups is 1. The molecular formula is C21H23ClN4O4. The van der Waals surface area contributed by atoms with Crippen LogP contribution in [0.4, 0.5) is 0 Å². The van der Waals surface area contributed by atoms with Gasteiger partial charge in [0, 0.05) is 49.9 Å².